The molecular formula is C17H28N2O2. The zero-order chi connectivity index (χ0) is 15.7. The number of hydrogen-bond donors (Lipinski definition) is 2. The van der Waals surface area contributed by atoms with Crippen molar-refractivity contribution in [3.63, 3.8) is 0 Å². The lowest BCUT2D eigenvalue weighted by molar-refractivity contribution is 0.0336. The van der Waals surface area contributed by atoms with Crippen molar-refractivity contribution in [2.24, 2.45) is 0 Å². The number of fused-ring (bicyclic) bond motifs is 1. The molecule has 1 aromatic rings. The van der Waals surface area contributed by atoms with Gasteiger partial charge in [-0.2, -0.15) is 0 Å². The summed E-state index contributed by atoms with van der Waals surface area (Å²) < 4.78 is 5.89. The molecule has 0 saturated heterocycles. The fraction of sp³-hybridized carbons (Fsp3) is 0.647. The van der Waals surface area contributed by atoms with E-state index in [1.165, 1.54) is 11.1 Å². The summed E-state index contributed by atoms with van der Waals surface area (Å²) in [4.78, 5) is 2.00. The van der Waals surface area contributed by atoms with Crippen LogP contribution in [0.1, 0.15) is 31.9 Å². The number of nitrogens with zero attached hydrogens (tertiary/aromatic N) is 1. The van der Waals surface area contributed by atoms with E-state index in [-0.39, 0.29) is 5.60 Å². The zero-order valence-corrected chi connectivity index (χ0v) is 13.9. The highest BCUT2D eigenvalue weighted by molar-refractivity contribution is 5.41. The molecule has 4 nitrogen and oxygen atoms in total. The molecule has 0 aromatic heterocycles. The third-order valence-corrected chi connectivity index (χ3v) is 3.62. The topological polar surface area (TPSA) is 44.7 Å². The molecule has 0 spiro atoms. The van der Waals surface area contributed by atoms with Gasteiger partial charge in [-0.1, -0.05) is 12.1 Å². The van der Waals surface area contributed by atoms with E-state index in [2.05, 4.69) is 37.4 Å². The Balaban J connectivity index is 1.88. The smallest absolute Gasteiger partial charge is 0.123 e. The minimum Gasteiger partial charge on any atom is -0.487 e. The molecule has 1 aromatic carbocycles. The molecule has 0 aliphatic carbocycles. The lowest BCUT2D eigenvalue weighted by Crippen LogP contribution is -2.45. The average Bonchev–Trinajstić information content (AvgIpc) is 2.60. The fourth-order valence-electron chi connectivity index (χ4n) is 2.99. The standard InChI is InChI=1S/C17H28N2O2/c1-16(2)9-14-8-13(6-7-15(14)21-16)10-18-11-17(3,20)12-19(4)5/h6-8,18,20H,9-12H2,1-5H3. The molecule has 4 heteroatoms. The monoisotopic (exact) mass is 292 g/mol. The van der Waals surface area contributed by atoms with Gasteiger partial charge in [-0.05, 0) is 52.1 Å². The van der Waals surface area contributed by atoms with Gasteiger partial charge in [0.1, 0.15) is 11.4 Å². The first-order chi connectivity index (χ1) is 9.67. The van der Waals surface area contributed by atoms with E-state index in [9.17, 15) is 5.11 Å². The van der Waals surface area contributed by atoms with Gasteiger partial charge in [0.2, 0.25) is 0 Å². The van der Waals surface area contributed by atoms with Gasteiger partial charge in [-0.3, -0.25) is 0 Å². The molecule has 0 amide bonds. The van der Waals surface area contributed by atoms with Crippen LogP contribution in [0.4, 0.5) is 0 Å². The molecule has 118 valence electrons. The van der Waals surface area contributed by atoms with Crippen molar-refractivity contribution >= 4 is 0 Å². The van der Waals surface area contributed by atoms with E-state index in [1.54, 1.807) is 0 Å². The Hall–Kier alpha value is -1.10. The van der Waals surface area contributed by atoms with Crippen molar-refractivity contribution in [3.05, 3.63) is 29.3 Å². The van der Waals surface area contributed by atoms with Crippen LogP contribution in [-0.2, 0) is 13.0 Å². The summed E-state index contributed by atoms with van der Waals surface area (Å²) in [5.74, 6) is 1.00. The lowest BCUT2D eigenvalue weighted by atomic mass is 10.00. The first-order valence-electron chi connectivity index (χ1n) is 7.56. The third-order valence-electron chi connectivity index (χ3n) is 3.62. The van der Waals surface area contributed by atoms with Crippen LogP contribution >= 0.6 is 0 Å². The summed E-state index contributed by atoms with van der Waals surface area (Å²) in [7, 11) is 3.94. The summed E-state index contributed by atoms with van der Waals surface area (Å²) in [6, 6.07) is 6.35. The second kappa shape index (κ2) is 5.95. The average molecular weight is 292 g/mol. The van der Waals surface area contributed by atoms with Gasteiger partial charge in [0.05, 0.1) is 5.60 Å². The Morgan fingerprint density at radius 2 is 2.10 bits per heavy atom. The van der Waals surface area contributed by atoms with Crippen molar-refractivity contribution in [1.29, 1.82) is 0 Å². The first-order valence-corrected chi connectivity index (χ1v) is 7.56. The lowest BCUT2D eigenvalue weighted by Gasteiger charge is -2.27. The van der Waals surface area contributed by atoms with Crippen LogP contribution in [0.3, 0.4) is 0 Å². The normalized spacial score (nSPS) is 19.2. The SMILES string of the molecule is CN(C)CC(C)(O)CNCc1ccc2c(c1)CC(C)(C)O2. The van der Waals surface area contributed by atoms with Gasteiger partial charge in [0.25, 0.3) is 0 Å². The van der Waals surface area contributed by atoms with Crippen molar-refractivity contribution in [1.82, 2.24) is 10.2 Å². The van der Waals surface area contributed by atoms with Gasteiger partial charge < -0.3 is 20.1 Å². The van der Waals surface area contributed by atoms with Gasteiger partial charge in [0, 0.05) is 26.1 Å². The predicted octanol–water partition coefficient (Wildman–Crippen LogP) is 1.80. The molecule has 0 fully saturated rings. The number of likely N-dealkylation sites (N-methyl/N-ethyl adjacent to an activating group) is 1. The second-order valence-electron chi connectivity index (χ2n) is 7.32. The molecule has 1 aliphatic rings. The van der Waals surface area contributed by atoms with E-state index in [0.29, 0.717) is 13.1 Å². The molecule has 1 heterocycles. The number of nitrogens with one attached hydrogen (secondary N) is 1. The highest BCUT2D eigenvalue weighted by Gasteiger charge is 2.29. The maximum atomic E-state index is 10.3. The van der Waals surface area contributed by atoms with E-state index >= 15 is 0 Å². The molecule has 0 bridgehead atoms. The molecule has 0 saturated carbocycles. The summed E-state index contributed by atoms with van der Waals surface area (Å²) in [5, 5.41) is 13.6. The number of hydrogen-bond acceptors (Lipinski definition) is 4. The largest absolute Gasteiger partial charge is 0.487 e. The zero-order valence-electron chi connectivity index (χ0n) is 13.9. The second-order valence-corrected chi connectivity index (χ2v) is 7.32. The fourth-order valence-corrected chi connectivity index (χ4v) is 2.99. The van der Waals surface area contributed by atoms with Gasteiger partial charge in [0.15, 0.2) is 0 Å². The summed E-state index contributed by atoms with van der Waals surface area (Å²) in [6.45, 7) is 8.07. The van der Waals surface area contributed by atoms with E-state index in [4.69, 9.17) is 4.74 Å². The highest BCUT2D eigenvalue weighted by Crippen LogP contribution is 2.35. The Kier molecular flexibility index (Phi) is 4.61. The van der Waals surface area contributed by atoms with Crippen LogP contribution in [0, 0.1) is 0 Å². The highest BCUT2D eigenvalue weighted by atomic mass is 16.5. The van der Waals surface area contributed by atoms with Crippen LogP contribution in [-0.4, -0.2) is 48.4 Å². The number of aliphatic hydroxyl groups is 1. The maximum absolute atomic E-state index is 10.3. The maximum Gasteiger partial charge on any atom is 0.123 e. The van der Waals surface area contributed by atoms with Gasteiger partial charge >= 0.3 is 0 Å². The molecular weight excluding hydrogens is 264 g/mol. The Labute approximate surface area is 128 Å². The Morgan fingerprint density at radius 1 is 1.38 bits per heavy atom. The van der Waals surface area contributed by atoms with Crippen LogP contribution in [0.2, 0.25) is 0 Å². The molecule has 1 aliphatic heterocycles. The number of benzene rings is 1. The Bertz CT molecular complexity index is 496. The van der Waals surface area contributed by atoms with E-state index in [0.717, 1.165) is 18.7 Å². The minimum absolute atomic E-state index is 0.0935. The Morgan fingerprint density at radius 3 is 2.76 bits per heavy atom. The molecule has 0 radical (unpaired) electrons. The summed E-state index contributed by atoms with van der Waals surface area (Å²) >= 11 is 0. The van der Waals surface area contributed by atoms with Crippen molar-refractivity contribution < 1.29 is 9.84 Å². The van der Waals surface area contributed by atoms with Crippen LogP contribution in [0.25, 0.3) is 0 Å². The van der Waals surface area contributed by atoms with Crippen molar-refractivity contribution in [2.45, 2.75) is 44.9 Å². The number of rotatable bonds is 6. The third kappa shape index (κ3) is 4.70. The van der Waals surface area contributed by atoms with Crippen molar-refractivity contribution in [2.75, 3.05) is 27.2 Å². The van der Waals surface area contributed by atoms with Crippen LogP contribution in [0.5, 0.6) is 5.75 Å². The molecule has 1 unspecified atom stereocenters. The van der Waals surface area contributed by atoms with Crippen LogP contribution in [0.15, 0.2) is 18.2 Å². The minimum atomic E-state index is -0.717. The quantitative estimate of drug-likeness (QED) is 0.839. The summed E-state index contributed by atoms with van der Waals surface area (Å²) in [5.41, 5.74) is 1.70. The van der Waals surface area contributed by atoms with Crippen LogP contribution < -0.4 is 10.1 Å². The van der Waals surface area contributed by atoms with Gasteiger partial charge in [-0.25, -0.2) is 0 Å². The number of ether oxygens (including phenoxy) is 1. The van der Waals surface area contributed by atoms with Gasteiger partial charge in [-0.15, -0.1) is 0 Å². The molecule has 2 N–H and O–H groups in total. The van der Waals surface area contributed by atoms with E-state index in [1.807, 2.05) is 25.9 Å². The molecule has 1 atom stereocenters. The molecule has 21 heavy (non-hydrogen) atoms. The molecule has 2 rings (SSSR count). The summed E-state index contributed by atoms with van der Waals surface area (Å²) in [6.07, 6.45) is 0.953. The predicted molar refractivity (Wildman–Crippen MR) is 85.7 cm³/mol. The first kappa shape index (κ1) is 16.3. The van der Waals surface area contributed by atoms with Crippen molar-refractivity contribution in [3.8, 4) is 5.75 Å². The van der Waals surface area contributed by atoms with E-state index < -0.39 is 5.60 Å².